The van der Waals surface area contributed by atoms with Gasteiger partial charge < -0.3 is 19.6 Å². The highest BCUT2D eigenvalue weighted by Gasteiger charge is 2.49. The number of nitrogens with zero attached hydrogens (tertiary/aromatic N) is 3. The third-order valence-electron chi connectivity index (χ3n) is 4.38. The summed E-state index contributed by atoms with van der Waals surface area (Å²) in [5, 5.41) is 8.78. The van der Waals surface area contributed by atoms with E-state index in [0.717, 1.165) is 11.4 Å². The highest BCUT2D eigenvalue weighted by molar-refractivity contribution is 8.16. The molecule has 152 valence electrons. The van der Waals surface area contributed by atoms with Gasteiger partial charge in [-0.3, -0.25) is 4.79 Å². The van der Waals surface area contributed by atoms with Crippen LogP contribution < -0.4 is 9.80 Å². The van der Waals surface area contributed by atoms with Crippen molar-refractivity contribution in [1.82, 2.24) is 0 Å². The van der Waals surface area contributed by atoms with Gasteiger partial charge in [-0.1, -0.05) is 11.8 Å². The number of aliphatic carboxylic acids is 1. The van der Waals surface area contributed by atoms with Crippen molar-refractivity contribution in [3.63, 3.8) is 0 Å². The first-order valence-electron chi connectivity index (χ1n) is 8.51. The molecular formula is C17H21N3O6S2. The monoisotopic (exact) mass is 427 g/mol. The van der Waals surface area contributed by atoms with Gasteiger partial charge in [0.15, 0.2) is 15.0 Å². The molecule has 3 rings (SSSR count). The summed E-state index contributed by atoms with van der Waals surface area (Å²) < 4.78 is 28.9. The number of sulfone groups is 1. The molecular weight excluding hydrogens is 406 g/mol. The van der Waals surface area contributed by atoms with E-state index in [0.29, 0.717) is 5.17 Å². The van der Waals surface area contributed by atoms with Crippen LogP contribution in [-0.4, -0.2) is 80.7 Å². The molecule has 11 heteroatoms. The van der Waals surface area contributed by atoms with Crippen LogP contribution in [0.1, 0.15) is 0 Å². The Morgan fingerprint density at radius 3 is 2.54 bits per heavy atom. The molecule has 0 aromatic heterocycles. The molecule has 2 saturated heterocycles. The lowest BCUT2D eigenvalue weighted by molar-refractivity contribution is -0.143. The van der Waals surface area contributed by atoms with Crippen molar-refractivity contribution in [2.75, 3.05) is 48.6 Å². The number of carbonyl (C=O) groups is 2. The number of carbonyl (C=O) groups excluding carboxylic acids is 1. The third kappa shape index (κ3) is 4.65. The van der Waals surface area contributed by atoms with Crippen molar-refractivity contribution in [1.29, 1.82) is 0 Å². The van der Waals surface area contributed by atoms with Gasteiger partial charge in [0.2, 0.25) is 0 Å². The van der Waals surface area contributed by atoms with Crippen LogP contribution in [0.4, 0.5) is 11.4 Å². The average molecular weight is 428 g/mol. The van der Waals surface area contributed by atoms with E-state index in [1.807, 2.05) is 43.3 Å². The summed E-state index contributed by atoms with van der Waals surface area (Å²) in [4.78, 5) is 30.4. The Hall–Kier alpha value is -2.11. The van der Waals surface area contributed by atoms with E-state index < -0.39 is 34.9 Å². The predicted octanol–water partition coefficient (Wildman–Crippen LogP) is 0.455. The molecule has 1 aromatic carbocycles. The van der Waals surface area contributed by atoms with Gasteiger partial charge in [0, 0.05) is 30.7 Å². The van der Waals surface area contributed by atoms with Crippen molar-refractivity contribution in [3.8, 4) is 0 Å². The Labute approximate surface area is 167 Å². The lowest BCUT2D eigenvalue weighted by Gasteiger charge is -2.25. The highest BCUT2D eigenvalue weighted by Crippen LogP contribution is 2.41. The summed E-state index contributed by atoms with van der Waals surface area (Å²) in [5.41, 5.74) is 1.74. The molecule has 1 aromatic rings. The summed E-state index contributed by atoms with van der Waals surface area (Å²) in [6, 6.07) is 7.25. The van der Waals surface area contributed by atoms with Gasteiger partial charge in [-0.2, -0.15) is 4.99 Å². The average Bonchev–Trinajstić information content (AvgIpc) is 3.05. The second-order valence-corrected chi connectivity index (χ2v) is 10.1. The highest BCUT2D eigenvalue weighted by atomic mass is 32.2. The Kier molecular flexibility index (Phi) is 5.96. The number of ether oxygens (including phenoxy) is 1. The summed E-state index contributed by atoms with van der Waals surface area (Å²) in [5.74, 6) is -1.74. The molecule has 0 spiro atoms. The number of aliphatic imine (C=N–C) groups is 1. The molecule has 0 saturated carbocycles. The number of fused-ring (bicyclic) bond motifs is 1. The summed E-state index contributed by atoms with van der Waals surface area (Å²) in [7, 11) is 0.695. The summed E-state index contributed by atoms with van der Waals surface area (Å²) in [6.07, 6.45) is 0. The normalized spacial score (nSPS) is 24.4. The minimum absolute atomic E-state index is 0.00280. The smallest absolute Gasteiger partial charge is 0.329 e. The standard InChI is InChI=1S/C17H21N3O6S2/c1-19(2)11-3-5-12(6-4-11)20-13-9-28(24,25)10-14(13)27-17(20)18-15(21)7-26-8-16(22)23/h3-6,13-14H,7-10H2,1-2H3,(H,22,23). The molecule has 9 nitrogen and oxygen atoms in total. The zero-order chi connectivity index (χ0) is 20.5. The first-order valence-corrected chi connectivity index (χ1v) is 11.2. The molecule has 0 aliphatic carbocycles. The first-order chi connectivity index (χ1) is 13.2. The van der Waals surface area contributed by atoms with Gasteiger partial charge in [0.05, 0.1) is 17.5 Å². The fourth-order valence-electron chi connectivity index (χ4n) is 3.14. The second kappa shape index (κ2) is 8.10. The van der Waals surface area contributed by atoms with Crippen LogP contribution in [0.25, 0.3) is 0 Å². The molecule has 28 heavy (non-hydrogen) atoms. The van der Waals surface area contributed by atoms with Crippen LogP contribution in [0.15, 0.2) is 29.3 Å². The van der Waals surface area contributed by atoms with E-state index in [4.69, 9.17) is 9.84 Å². The molecule has 2 unspecified atom stereocenters. The number of carboxylic acids is 1. The Morgan fingerprint density at radius 2 is 1.93 bits per heavy atom. The third-order valence-corrected chi connectivity index (χ3v) is 7.59. The molecule has 2 atom stereocenters. The zero-order valence-corrected chi connectivity index (χ0v) is 17.1. The molecule has 0 bridgehead atoms. The van der Waals surface area contributed by atoms with Crippen molar-refractivity contribution in [2.24, 2.45) is 4.99 Å². The number of carboxylic acid groups (broad SMARTS) is 1. The number of amidine groups is 1. The number of benzene rings is 1. The van der Waals surface area contributed by atoms with E-state index in [-0.39, 0.29) is 22.8 Å². The van der Waals surface area contributed by atoms with Crippen LogP contribution in [0.3, 0.4) is 0 Å². The van der Waals surface area contributed by atoms with Gasteiger partial charge in [-0.05, 0) is 24.3 Å². The van der Waals surface area contributed by atoms with E-state index in [2.05, 4.69) is 4.99 Å². The van der Waals surface area contributed by atoms with Crippen molar-refractivity contribution >= 4 is 50.0 Å². The Morgan fingerprint density at radius 1 is 1.25 bits per heavy atom. The van der Waals surface area contributed by atoms with Gasteiger partial charge in [0.1, 0.15) is 13.2 Å². The molecule has 2 aliphatic heterocycles. The van der Waals surface area contributed by atoms with Gasteiger partial charge >= 0.3 is 5.97 Å². The van der Waals surface area contributed by atoms with E-state index in [1.165, 1.54) is 11.8 Å². The van der Waals surface area contributed by atoms with E-state index >= 15 is 0 Å². The zero-order valence-electron chi connectivity index (χ0n) is 15.4. The van der Waals surface area contributed by atoms with Crippen molar-refractivity contribution in [3.05, 3.63) is 24.3 Å². The maximum Gasteiger partial charge on any atom is 0.329 e. The molecule has 1 amide bonds. The first kappa shape index (κ1) is 20.6. The maximum absolute atomic E-state index is 12.1. The topological polar surface area (TPSA) is 117 Å². The number of thioether (sulfide) groups is 1. The fourth-order valence-corrected chi connectivity index (χ4v) is 7.07. The summed E-state index contributed by atoms with van der Waals surface area (Å²) in [6.45, 7) is -1.03. The van der Waals surface area contributed by atoms with Gasteiger partial charge in [-0.25, -0.2) is 13.2 Å². The van der Waals surface area contributed by atoms with Crippen molar-refractivity contribution < 1.29 is 27.9 Å². The molecule has 0 radical (unpaired) electrons. The van der Waals surface area contributed by atoms with Crippen LogP contribution in [0, 0.1) is 0 Å². The van der Waals surface area contributed by atoms with E-state index in [9.17, 15) is 18.0 Å². The Bertz CT molecular complexity index is 898. The number of amides is 1. The molecule has 2 aliphatic rings. The molecule has 2 fully saturated rings. The van der Waals surface area contributed by atoms with Crippen LogP contribution in [0.5, 0.6) is 0 Å². The lowest BCUT2D eigenvalue weighted by atomic mass is 10.2. The van der Waals surface area contributed by atoms with Crippen LogP contribution >= 0.6 is 11.8 Å². The second-order valence-electron chi connectivity index (χ2n) is 6.76. The minimum atomic E-state index is -3.14. The van der Waals surface area contributed by atoms with Gasteiger partial charge in [0.25, 0.3) is 5.91 Å². The molecule has 1 N–H and O–H groups in total. The number of hydrogen-bond acceptors (Lipinski definition) is 7. The lowest BCUT2D eigenvalue weighted by Crippen LogP contribution is -2.37. The number of hydrogen-bond donors (Lipinski definition) is 1. The fraction of sp³-hybridized carbons (Fsp3) is 0.471. The number of rotatable bonds is 6. The SMILES string of the molecule is CN(C)c1ccc(N2C(=NC(=O)COCC(=O)O)SC3CS(=O)(=O)CC32)cc1. The van der Waals surface area contributed by atoms with Crippen LogP contribution in [0.2, 0.25) is 0 Å². The van der Waals surface area contributed by atoms with Gasteiger partial charge in [-0.15, -0.1) is 0 Å². The minimum Gasteiger partial charge on any atom is -0.480 e. The maximum atomic E-state index is 12.1. The van der Waals surface area contributed by atoms with E-state index in [1.54, 1.807) is 4.90 Å². The van der Waals surface area contributed by atoms with Crippen LogP contribution in [-0.2, 0) is 24.2 Å². The number of anilines is 2. The Balaban J connectivity index is 1.85. The molecule has 2 heterocycles. The van der Waals surface area contributed by atoms with Crippen molar-refractivity contribution in [2.45, 2.75) is 11.3 Å². The summed E-state index contributed by atoms with van der Waals surface area (Å²) >= 11 is 1.26. The quantitative estimate of drug-likeness (QED) is 0.691. The largest absolute Gasteiger partial charge is 0.480 e. The predicted molar refractivity (Wildman–Crippen MR) is 108 cm³/mol.